The van der Waals surface area contributed by atoms with Crippen LogP contribution >= 0.6 is 15.6 Å². The van der Waals surface area contributed by atoms with Gasteiger partial charge in [0.05, 0.1) is 26.4 Å². The van der Waals surface area contributed by atoms with Gasteiger partial charge in [-0.1, -0.05) is 287 Å². The molecule has 0 aromatic rings. The fourth-order valence-electron chi connectivity index (χ4n) is 10.2. The topological polar surface area (TPSA) is 237 Å². The van der Waals surface area contributed by atoms with E-state index in [1.54, 1.807) is 0 Å². The van der Waals surface area contributed by atoms with Crippen molar-refractivity contribution >= 4 is 39.5 Å². The first-order valence-corrected chi connectivity index (χ1v) is 38.8. The second-order valence-corrected chi connectivity index (χ2v) is 29.0. The Hall–Kier alpha value is -1.94. The Morgan fingerprint density at radius 2 is 0.545 bits per heavy atom. The molecule has 0 aromatic carbocycles. The van der Waals surface area contributed by atoms with Gasteiger partial charge >= 0.3 is 39.5 Å². The Kier molecular flexibility index (Phi) is 57.6. The molecular weight excluding hydrogens is 1160 g/mol. The number of phosphoric acid groups is 2. The van der Waals surface area contributed by atoms with Gasteiger partial charge in [0.2, 0.25) is 0 Å². The Bertz CT molecular complexity index is 1750. The van der Waals surface area contributed by atoms with Crippen molar-refractivity contribution in [1.82, 2.24) is 0 Å². The van der Waals surface area contributed by atoms with E-state index in [0.29, 0.717) is 31.6 Å². The number of esters is 4. The van der Waals surface area contributed by atoms with E-state index in [-0.39, 0.29) is 25.7 Å². The summed E-state index contributed by atoms with van der Waals surface area (Å²) in [6, 6.07) is 0. The van der Waals surface area contributed by atoms with E-state index in [0.717, 1.165) is 120 Å². The van der Waals surface area contributed by atoms with Gasteiger partial charge in [0.1, 0.15) is 19.3 Å². The minimum absolute atomic E-state index is 0.102. The van der Waals surface area contributed by atoms with Gasteiger partial charge in [-0.15, -0.1) is 0 Å². The molecule has 8 atom stereocenters. The molecule has 0 saturated carbocycles. The van der Waals surface area contributed by atoms with E-state index in [2.05, 4.69) is 55.4 Å². The van der Waals surface area contributed by atoms with Crippen molar-refractivity contribution in [3.63, 3.8) is 0 Å². The summed E-state index contributed by atoms with van der Waals surface area (Å²) in [7, 11) is -9.90. The fourth-order valence-corrected chi connectivity index (χ4v) is 11.8. The average molecular weight is 1300 g/mol. The predicted octanol–water partition coefficient (Wildman–Crippen LogP) is 19.3. The standard InChI is InChI=1S/C69H134O17P2/c1-9-60(6)46-38-30-22-18-16-14-12-13-15-17-19-23-35-43-51-68(73)85-64(55-79-66(71)49-41-33-27-25-31-39-47-61(7)10-2)57-83-87(75,76)81-53-63(70)54-82-88(77,78)84-58-65(86-69(74)52-44-36-24-20-21-29-37-45-59(4)5)56-80-67(72)50-42-34-28-26-32-40-48-62(8)11-3/h59-65,70H,9-58H2,1-8H3,(H,75,76)(H,77,78)/t60?,61?,62?,63-,64-,65-/m1/s1. The van der Waals surface area contributed by atoms with Gasteiger partial charge in [-0.05, 0) is 49.4 Å². The average Bonchev–Trinajstić information content (AvgIpc) is 3.70. The lowest BCUT2D eigenvalue weighted by Crippen LogP contribution is -2.30. The van der Waals surface area contributed by atoms with E-state index in [1.807, 2.05) is 0 Å². The van der Waals surface area contributed by atoms with Crippen molar-refractivity contribution in [2.24, 2.45) is 23.7 Å². The van der Waals surface area contributed by atoms with E-state index in [1.165, 1.54) is 128 Å². The molecule has 19 heteroatoms. The third-order valence-electron chi connectivity index (χ3n) is 16.9. The van der Waals surface area contributed by atoms with Crippen LogP contribution in [0.25, 0.3) is 0 Å². The first-order valence-electron chi connectivity index (χ1n) is 35.8. The molecule has 0 saturated heterocycles. The van der Waals surface area contributed by atoms with Gasteiger partial charge in [-0.2, -0.15) is 0 Å². The van der Waals surface area contributed by atoms with E-state index < -0.39 is 97.5 Å². The summed E-state index contributed by atoms with van der Waals surface area (Å²) in [5.41, 5.74) is 0. The molecule has 0 aliphatic carbocycles. The Balaban J connectivity index is 5.22. The van der Waals surface area contributed by atoms with E-state index >= 15 is 0 Å². The minimum Gasteiger partial charge on any atom is -0.462 e. The predicted molar refractivity (Wildman–Crippen MR) is 354 cm³/mol. The zero-order valence-corrected chi connectivity index (χ0v) is 59.1. The number of phosphoric ester groups is 2. The van der Waals surface area contributed by atoms with Crippen molar-refractivity contribution < 1.29 is 80.2 Å². The molecule has 0 spiro atoms. The van der Waals surface area contributed by atoms with Crippen LogP contribution in [0.1, 0.15) is 338 Å². The van der Waals surface area contributed by atoms with Gasteiger partial charge < -0.3 is 33.8 Å². The van der Waals surface area contributed by atoms with Crippen molar-refractivity contribution in [3.8, 4) is 0 Å². The molecule has 0 rings (SSSR count). The van der Waals surface area contributed by atoms with Crippen LogP contribution in [0.2, 0.25) is 0 Å². The Labute approximate surface area is 537 Å². The number of rotatable bonds is 66. The lowest BCUT2D eigenvalue weighted by molar-refractivity contribution is -0.161. The van der Waals surface area contributed by atoms with Crippen LogP contribution in [0.15, 0.2) is 0 Å². The van der Waals surface area contributed by atoms with Gasteiger partial charge in [-0.3, -0.25) is 37.3 Å². The highest BCUT2D eigenvalue weighted by atomic mass is 31.2. The molecule has 0 heterocycles. The molecular formula is C69H134O17P2. The first kappa shape index (κ1) is 86.1. The van der Waals surface area contributed by atoms with Crippen molar-refractivity contribution in [3.05, 3.63) is 0 Å². The number of hydrogen-bond donors (Lipinski definition) is 3. The van der Waals surface area contributed by atoms with Crippen molar-refractivity contribution in [2.45, 2.75) is 356 Å². The number of carbonyl (C=O) groups is 4. The molecule has 0 aliphatic heterocycles. The maximum atomic E-state index is 13.0. The van der Waals surface area contributed by atoms with Crippen molar-refractivity contribution in [1.29, 1.82) is 0 Å². The molecule has 5 unspecified atom stereocenters. The highest BCUT2D eigenvalue weighted by Gasteiger charge is 2.30. The van der Waals surface area contributed by atoms with Gasteiger partial charge in [0, 0.05) is 25.7 Å². The third-order valence-corrected chi connectivity index (χ3v) is 18.8. The monoisotopic (exact) mass is 1300 g/mol. The zero-order valence-electron chi connectivity index (χ0n) is 57.3. The molecule has 0 fully saturated rings. The van der Waals surface area contributed by atoms with Crippen LogP contribution in [0.3, 0.4) is 0 Å². The van der Waals surface area contributed by atoms with Gasteiger partial charge in [0.15, 0.2) is 12.2 Å². The number of ether oxygens (including phenoxy) is 4. The second-order valence-electron chi connectivity index (χ2n) is 26.1. The number of aliphatic hydroxyl groups excluding tert-OH is 1. The number of carbonyl (C=O) groups excluding carboxylic acids is 4. The van der Waals surface area contributed by atoms with Crippen molar-refractivity contribution in [2.75, 3.05) is 39.6 Å². The molecule has 88 heavy (non-hydrogen) atoms. The summed E-state index contributed by atoms with van der Waals surface area (Å²) in [6.45, 7) is 14.0. The summed E-state index contributed by atoms with van der Waals surface area (Å²) in [4.78, 5) is 72.4. The lowest BCUT2D eigenvalue weighted by atomic mass is 9.99. The third kappa shape index (κ3) is 59.1. The highest BCUT2D eigenvalue weighted by molar-refractivity contribution is 7.47. The molecule has 0 aliphatic rings. The van der Waals surface area contributed by atoms with Gasteiger partial charge in [0.25, 0.3) is 0 Å². The second kappa shape index (κ2) is 58.8. The first-order chi connectivity index (χ1) is 42.2. The number of aliphatic hydroxyl groups is 1. The molecule has 17 nitrogen and oxygen atoms in total. The summed E-state index contributed by atoms with van der Waals surface area (Å²) >= 11 is 0. The fraction of sp³-hybridized carbons (Fsp3) is 0.942. The van der Waals surface area contributed by atoms with Crippen LogP contribution in [0.4, 0.5) is 0 Å². The normalized spacial score (nSPS) is 15.2. The maximum Gasteiger partial charge on any atom is 0.472 e. The molecule has 0 bridgehead atoms. The quantitative estimate of drug-likeness (QED) is 0.0222. The number of unbranched alkanes of at least 4 members (excludes halogenated alkanes) is 29. The van der Waals surface area contributed by atoms with Crippen LogP contribution < -0.4 is 0 Å². The van der Waals surface area contributed by atoms with Crippen LogP contribution in [0, 0.1) is 23.7 Å². The van der Waals surface area contributed by atoms with Crippen LogP contribution in [0.5, 0.6) is 0 Å². The molecule has 0 aromatic heterocycles. The summed E-state index contributed by atoms with van der Waals surface area (Å²) in [5.74, 6) is 0.868. The van der Waals surface area contributed by atoms with Crippen LogP contribution in [-0.4, -0.2) is 96.7 Å². The van der Waals surface area contributed by atoms with E-state index in [4.69, 9.17) is 37.0 Å². The minimum atomic E-state index is -4.95. The van der Waals surface area contributed by atoms with Gasteiger partial charge in [-0.25, -0.2) is 9.13 Å². The maximum absolute atomic E-state index is 13.0. The van der Waals surface area contributed by atoms with E-state index in [9.17, 15) is 43.2 Å². The SMILES string of the molecule is CCC(C)CCCCCCCCCCCCCCCCC(=O)O[C@H](COC(=O)CCCCCCCCC(C)CC)COP(=O)(O)OC[C@@H](O)COP(=O)(O)OC[C@@H](COC(=O)CCCCCCCCC(C)CC)OC(=O)CCCCCCCCCC(C)C. The summed E-state index contributed by atoms with van der Waals surface area (Å²) in [6.07, 6.45) is 40.4. The largest absolute Gasteiger partial charge is 0.472 e. The number of hydrogen-bond acceptors (Lipinski definition) is 15. The molecule has 0 radical (unpaired) electrons. The molecule has 0 amide bonds. The summed E-state index contributed by atoms with van der Waals surface area (Å²) in [5, 5.41) is 10.6. The molecule has 522 valence electrons. The lowest BCUT2D eigenvalue weighted by Gasteiger charge is -2.21. The molecule has 3 N–H and O–H groups in total. The Morgan fingerprint density at radius 3 is 0.807 bits per heavy atom. The van der Waals surface area contributed by atoms with Crippen LogP contribution in [-0.2, 0) is 65.4 Å². The highest BCUT2D eigenvalue weighted by Crippen LogP contribution is 2.45. The zero-order chi connectivity index (χ0) is 65.4. The Morgan fingerprint density at radius 1 is 0.318 bits per heavy atom. The smallest absolute Gasteiger partial charge is 0.462 e. The summed E-state index contributed by atoms with van der Waals surface area (Å²) < 4.78 is 68.2.